The summed E-state index contributed by atoms with van der Waals surface area (Å²) >= 11 is 0. The zero-order valence-corrected chi connectivity index (χ0v) is 15.1. The minimum Gasteiger partial charge on any atom is -0.484 e. The molecule has 0 spiro atoms. The van der Waals surface area contributed by atoms with Gasteiger partial charge in [-0.3, -0.25) is 9.59 Å². The van der Waals surface area contributed by atoms with E-state index in [-0.39, 0.29) is 18.4 Å². The molecular formula is C19H22N4O4. The fraction of sp³-hybridized carbons (Fsp3) is 0.316. The van der Waals surface area contributed by atoms with Gasteiger partial charge in [-0.2, -0.15) is 5.10 Å². The fourth-order valence-electron chi connectivity index (χ4n) is 2.57. The maximum Gasteiger partial charge on any atom is 0.287 e. The Morgan fingerprint density at radius 1 is 1.22 bits per heavy atom. The Labute approximate surface area is 157 Å². The Bertz CT molecular complexity index is 794. The predicted molar refractivity (Wildman–Crippen MR) is 99.8 cm³/mol. The molecule has 3 rings (SSSR count). The topological polar surface area (TPSA) is 96.0 Å². The number of nitrogens with zero attached hydrogens (tertiary/aromatic N) is 2. The molecule has 0 unspecified atom stereocenters. The first kappa shape index (κ1) is 18.7. The van der Waals surface area contributed by atoms with Crippen molar-refractivity contribution in [1.82, 2.24) is 15.3 Å². The van der Waals surface area contributed by atoms with Crippen LogP contribution in [0.2, 0.25) is 0 Å². The molecule has 2 amide bonds. The number of hydrazone groups is 1. The van der Waals surface area contributed by atoms with Crippen molar-refractivity contribution in [3.63, 3.8) is 0 Å². The Hall–Kier alpha value is -3.13. The molecule has 8 nitrogen and oxygen atoms in total. The molecule has 0 aliphatic carbocycles. The third-order valence-corrected chi connectivity index (χ3v) is 4.17. The highest BCUT2D eigenvalue weighted by Gasteiger charge is 2.17. The van der Waals surface area contributed by atoms with Crippen LogP contribution >= 0.6 is 0 Å². The SMILES string of the molecule is C/C(=N/NC(=O)c1ccc[nH]1)c1ccc(OCC(=O)N2CCOCC2)cc1. The van der Waals surface area contributed by atoms with E-state index in [9.17, 15) is 9.59 Å². The molecular weight excluding hydrogens is 348 g/mol. The number of morpholine rings is 1. The van der Waals surface area contributed by atoms with Crippen LogP contribution in [0.1, 0.15) is 23.0 Å². The summed E-state index contributed by atoms with van der Waals surface area (Å²) < 4.78 is 10.8. The van der Waals surface area contributed by atoms with Crippen molar-refractivity contribution in [2.75, 3.05) is 32.9 Å². The number of carbonyl (C=O) groups is 2. The number of ether oxygens (including phenoxy) is 2. The largest absolute Gasteiger partial charge is 0.484 e. The molecule has 1 fully saturated rings. The summed E-state index contributed by atoms with van der Waals surface area (Å²) in [6, 6.07) is 10.6. The molecule has 1 saturated heterocycles. The Morgan fingerprint density at radius 3 is 2.63 bits per heavy atom. The van der Waals surface area contributed by atoms with E-state index in [1.165, 1.54) is 0 Å². The monoisotopic (exact) mass is 370 g/mol. The predicted octanol–water partition coefficient (Wildman–Crippen LogP) is 1.41. The van der Waals surface area contributed by atoms with E-state index in [0.717, 1.165) is 5.56 Å². The zero-order chi connectivity index (χ0) is 19.1. The van der Waals surface area contributed by atoms with E-state index in [4.69, 9.17) is 9.47 Å². The van der Waals surface area contributed by atoms with Crippen molar-refractivity contribution in [3.05, 3.63) is 53.9 Å². The number of aromatic nitrogens is 1. The first-order valence-corrected chi connectivity index (χ1v) is 8.70. The lowest BCUT2D eigenvalue weighted by Crippen LogP contribution is -2.42. The van der Waals surface area contributed by atoms with Crippen LogP contribution < -0.4 is 10.2 Å². The summed E-state index contributed by atoms with van der Waals surface area (Å²) in [5.41, 5.74) is 4.44. The second-order valence-corrected chi connectivity index (χ2v) is 6.03. The quantitative estimate of drug-likeness (QED) is 0.594. The summed E-state index contributed by atoms with van der Waals surface area (Å²) in [6.07, 6.45) is 1.67. The molecule has 142 valence electrons. The molecule has 0 saturated carbocycles. The molecule has 0 atom stereocenters. The van der Waals surface area contributed by atoms with Crippen molar-refractivity contribution in [1.29, 1.82) is 0 Å². The minimum absolute atomic E-state index is 0.00137. The minimum atomic E-state index is -0.305. The van der Waals surface area contributed by atoms with E-state index in [2.05, 4.69) is 15.5 Å². The Morgan fingerprint density at radius 2 is 1.96 bits per heavy atom. The van der Waals surface area contributed by atoms with Gasteiger partial charge in [0.1, 0.15) is 11.4 Å². The number of hydrogen-bond donors (Lipinski definition) is 2. The second-order valence-electron chi connectivity index (χ2n) is 6.03. The number of nitrogens with one attached hydrogen (secondary N) is 2. The standard InChI is InChI=1S/C19H22N4O4/c1-14(21-22-19(25)17-3-2-8-20-17)15-4-6-16(7-5-15)27-13-18(24)23-9-11-26-12-10-23/h2-8,20H,9-13H2,1H3,(H,22,25)/b21-14-. The van der Waals surface area contributed by atoms with E-state index in [1.807, 2.05) is 12.1 Å². The molecule has 0 radical (unpaired) electrons. The van der Waals surface area contributed by atoms with Crippen LogP contribution in [-0.2, 0) is 9.53 Å². The van der Waals surface area contributed by atoms with Crippen LogP contribution in [0.5, 0.6) is 5.75 Å². The molecule has 2 N–H and O–H groups in total. The van der Waals surface area contributed by atoms with Gasteiger partial charge < -0.3 is 19.4 Å². The zero-order valence-electron chi connectivity index (χ0n) is 15.1. The molecule has 1 aliphatic rings. The highest BCUT2D eigenvalue weighted by molar-refractivity contribution is 6.00. The molecule has 1 aromatic carbocycles. The van der Waals surface area contributed by atoms with Gasteiger partial charge in [0.25, 0.3) is 11.8 Å². The van der Waals surface area contributed by atoms with Gasteiger partial charge in [-0.1, -0.05) is 0 Å². The number of aromatic amines is 1. The third-order valence-electron chi connectivity index (χ3n) is 4.17. The molecule has 0 bridgehead atoms. The van der Waals surface area contributed by atoms with E-state index < -0.39 is 0 Å². The average molecular weight is 370 g/mol. The van der Waals surface area contributed by atoms with Crippen LogP contribution in [0, 0.1) is 0 Å². The maximum atomic E-state index is 12.1. The molecule has 2 aromatic rings. The summed E-state index contributed by atoms with van der Waals surface area (Å²) in [5, 5.41) is 4.10. The lowest BCUT2D eigenvalue weighted by Gasteiger charge is -2.26. The number of rotatable bonds is 6. The highest BCUT2D eigenvalue weighted by Crippen LogP contribution is 2.13. The summed E-state index contributed by atoms with van der Waals surface area (Å²) in [4.78, 5) is 28.5. The van der Waals surface area contributed by atoms with Gasteiger partial charge in [-0.25, -0.2) is 5.43 Å². The van der Waals surface area contributed by atoms with Crippen LogP contribution in [0.4, 0.5) is 0 Å². The summed E-state index contributed by atoms with van der Waals surface area (Å²) in [5.74, 6) is 0.247. The van der Waals surface area contributed by atoms with Gasteiger partial charge in [-0.15, -0.1) is 0 Å². The normalized spacial score (nSPS) is 14.7. The van der Waals surface area contributed by atoms with Crippen molar-refractivity contribution < 1.29 is 19.1 Å². The molecule has 2 heterocycles. The number of carbonyl (C=O) groups excluding carboxylic acids is 2. The van der Waals surface area contributed by atoms with Crippen LogP contribution in [-0.4, -0.2) is 60.3 Å². The molecule has 1 aliphatic heterocycles. The molecule has 27 heavy (non-hydrogen) atoms. The Balaban J connectivity index is 1.50. The smallest absolute Gasteiger partial charge is 0.287 e. The number of amides is 2. The summed E-state index contributed by atoms with van der Waals surface area (Å²) in [6.45, 7) is 4.14. The average Bonchev–Trinajstić information content (AvgIpc) is 3.26. The van der Waals surface area contributed by atoms with Crippen LogP contribution in [0.25, 0.3) is 0 Å². The van der Waals surface area contributed by atoms with Crippen LogP contribution in [0.3, 0.4) is 0 Å². The number of hydrogen-bond acceptors (Lipinski definition) is 5. The van der Waals surface area contributed by atoms with Gasteiger partial charge in [-0.05, 0) is 48.9 Å². The van der Waals surface area contributed by atoms with Crippen molar-refractivity contribution in [2.24, 2.45) is 5.10 Å². The molecule has 1 aromatic heterocycles. The van der Waals surface area contributed by atoms with Crippen molar-refractivity contribution in [3.8, 4) is 5.75 Å². The lowest BCUT2D eigenvalue weighted by atomic mass is 10.1. The van der Waals surface area contributed by atoms with Crippen molar-refractivity contribution in [2.45, 2.75) is 6.92 Å². The number of benzene rings is 1. The van der Waals surface area contributed by atoms with E-state index in [0.29, 0.717) is 43.5 Å². The fourth-order valence-corrected chi connectivity index (χ4v) is 2.57. The van der Waals surface area contributed by atoms with Gasteiger partial charge in [0.05, 0.1) is 18.9 Å². The second kappa shape index (κ2) is 9.00. The molecule has 8 heteroatoms. The lowest BCUT2D eigenvalue weighted by molar-refractivity contribution is -0.137. The van der Waals surface area contributed by atoms with Crippen molar-refractivity contribution >= 4 is 17.5 Å². The first-order valence-electron chi connectivity index (χ1n) is 8.70. The number of H-pyrrole nitrogens is 1. The summed E-state index contributed by atoms with van der Waals surface area (Å²) in [7, 11) is 0. The van der Waals surface area contributed by atoms with Gasteiger partial charge in [0.2, 0.25) is 0 Å². The van der Waals surface area contributed by atoms with Gasteiger partial charge in [0.15, 0.2) is 6.61 Å². The van der Waals surface area contributed by atoms with E-state index in [1.54, 1.807) is 42.3 Å². The third kappa shape index (κ3) is 5.18. The van der Waals surface area contributed by atoms with Crippen LogP contribution in [0.15, 0.2) is 47.7 Å². The highest BCUT2D eigenvalue weighted by atomic mass is 16.5. The van der Waals surface area contributed by atoms with E-state index >= 15 is 0 Å². The Kier molecular flexibility index (Phi) is 6.22. The van der Waals surface area contributed by atoms with Gasteiger partial charge >= 0.3 is 0 Å². The van der Waals surface area contributed by atoms with Gasteiger partial charge in [0, 0.05) is 19.3 Å². The first-order chi connectivity index (χ1) is 13.1. The maximum absolute atomic E-state index is 12.1.